The minimum Gasteiger partial charge on any atom is -0.381 e. The highest BCUT2D eigenvalue weighted by atomic mass is 32.2. The molecule has 2 aliphatic heterocycles. The molecule has 0 amide bonds. The van der Waals surface area contributed by atoms with Crippen LogP contribution in [0.25, 0.3) is 11.0 Å². The third-order valence-electron chi connectivity index (χ3n) is 5.19. The lowest BCUT2D eigenvalue weighted by molar-refractivity contribution is -0.00745. The maximum absolute atomic E-state index is 13.0. The van der Waals surface area contributed by atoms with Gasteiger partial charge in [0.2, 0.25) is 10.0 Å². The molecule has 7 nitrogen and oxygen atoms in total. The summed E-state index contributed by atoms with van der Waals surface area (Å²) in [6.45, 7) is 5.77. The van der Waals surface area contributed by atoms with Crippen LogP contribution in [-0.4, -0.2) is 71.3 Å². The Morgan fingerprint density at radius 2 is 2.00 bits per heavy atom. The quantitative estimate of drug-likeness (QED) is 0.781. The van der Waals surface area contributed by atoms with Gasteiger partial charge in [0.05, 0.1) is 11.7 Å². The van der Waals surface area contributed by atoms with Crippen molar-refractivity contribution in [1.82, 2.24) is 18.0 Å². The van der Waals surface area contributed by atoms with Gasteiger partial charge in [0.1, 0.15) is 15.9 Å². The van der Waals surface area contributed by atoms with Crippen LogP contribution in [0.2, 0.25) is 0 Å². The van der Waals surface area contributed by atoms with E-state index in [1.54, 1.807) is 22.5 Å². The van der Waals surface area contributed by atoms with Crippen molar-refractivity contribution in [3.63, 3.8) is 0 Å². The molecule has 9 heteroatoms. The molecule has 0 saturated carbocycles. The second kappa shape index (κ2) is 6.88. The van der Waals surface area contributed by atoms with Crippen molar-refractivity contribution in [1.29, 1.82) is 0 Å². The van der Waals surface area contributed by atoms with Crippen molar-refractivity contribution >= 4 is 32.8 Å². The van der Waals surface area contributed by atoms with E-state index in [0.717, 1.165) is 44.3 Å². The number of hydrogen-bond donors (Lipinski definition) is 0. The Kier molecular flexibility index (Phi) is 4.76. The number of nitrogens with zero attached hydrogens (tertiary/aromatic N) is 4. The van der Waals surface area contributed by atoms with Gasteiger partial charge in [-0.15, -0.1) is 0 Å². The molecule has 25 heavy (non-hydrogen) atoms. The van der Waals surface area contributed by atoms with Crippen molar-refractivity contribution in [2.75, 3.05) is 32.8 Å². The monoisotopic (exact) mass is 382 g/mol. The fourth-order valence-electron chi connectivity index (χ4n) is 3.78. The molecule has 2 aromatic rings. The van der Waals surface area contributed by atoms with E-state index in [-0.39, 0.29) is 10.9 Å². The van der Waals surface area contributed by atoms with Gasteiger partial charge in [-0.25, -0.2) is 8.42 Å². The van der Waals surface area contributed by atoms with Gasteiger partial charge in [0.15, 0.2) is 0 Å². The van der Waals surface area contributed by atoms with Gasteiger partial charge in [0, 0.05) is 38.4 Å². The molecule has 0 spiro atoms. The summed E-state index contributed by atoms with van der Waals surface area (Å²) in [6.07, 6.45) is 2.06. The summed E-state index contributed by atoms with van der Waals surface area (Å²) >= 11 is 1.05. The fraction of sp³-hybridized carbons (Fsp3) is 0.625. The third kappa shape index (κ3) is 3.08. The molecule has 0 N–H and O–H groups in total. The fourth-order valence-corrected chi connectivity index (χ4v) is 6.05. The number of sulfonamides is 1. The van der Waals surface area contributed by atoms with Crippen LogP contribution in [0.3, 0.4) is 0 Å². The van der Waals surface area contributed by atoms with Crippen LogP contribution in [-0.2, 0) is 14.8 Å². The van der Waals surface area contributed by atoms with Crippen molar-refractivity contribution in [2.45, 2.75) is 36.7 Å². The summed E-state index contributed by atoms with van der Waals surface area (Å²) in [5.74, 6) is 0. The summed E-state index contributed by atoms with van der Waals surface area (Å²) in [6, 6.07) is 5.94. The Labute approximate surface area is 152 Å². The third-order valence-corrected chi connectivity index (χ3v) is 7.60. The van der Waals surface area contributed by atoms with E-state index in [1.807, 2.05) is 0 Å². The molecule has 4 rings (SSSR count). The number of aromatic nitrogens is 2. The van der Waals surface area contributed by atoms with Crippen LogP contribution in [0, 0.1) is 0 Å². The lowest BCUT2D eigenvalue weighted by atomic mass is 10.0. The molecule has 1 aromatic carbocycles. The number of hydrogen-bond acceptors (Lipinski definition) is 7. The van der Waals surface area contributed by atoms with Gasteiger partial charge >= 0.3 is 0 Å². The second-order valence-electron chi connectivity index (χ2n) is 6.54. The highest BCUT2D eigenvalue weighted by Gasteiger charge is 2.42. The van der Waals surface area contributed by atoms with Crippen molar-refractivity contribution < 1.29 is 13.2 Å². The normalized spacial score (nSPS) is 21.0. The minimum absolute atomic E-state index is 0.270. The molecule has 0 atom stereocenters. The van der Waals surface area contributed by atoms with E-state index in [2.05, 4.69) is 20.6 Å². The lowest BCUT2D eigenvalue weighted by Gasteiger charge is -2.47. The van der Waals surface area contributed by atoms with Crippen LogP contribution in [0.4, 0.5) is 0 Å². The maximum atomic E-state index is 13.0. The van der Waals surface area contributed by atoms with Crippen molar-refractivity contribution in [3.05, 3.63) is 18.2 Å². The number of likely N-dealkylation sites (N-methyl/N-ethyl adjacent to an activating group) is 1. The molecule has 0 unspecified atom stereocenters. The van der Waals surface area contributed by atoms with Gasteiger partial charge < -0.3 is 4.74 Å². The van der Waals surface area contributed by atoms with Gasteiger partial charge in [-0.2, -0.15) is 13.1 Å². The van der Waals surface area contributed by atoms with E-state index in [1.165, 1.54) is 0 Å². The van der Waals surface area contributed by atoms with Crippen LogP contribution in [0.15, 0.2) is 23.1 Å². The highest BCUT2D eigenvalue weighted by Crippen LogP contribution is 2.30. The molecule has 0 radical (unpaired) electrons. The molecule has 0 bridgehead atoms. The zero-order chi connectivity index (χ0) is 17.4. The summed E-state index contributed by atoms with van der Waals surface area (Å²) in [5, 5.41) is 0. The minimum atomic E-state index is -3.52. The van der Waals surface area contributed by atoms with E-state index in [0.29, 0.717) is 30.2 Å². The Morgan fingerprint density at radius 3 is 2.72 bits per heavy atom. The number of benzene rings is 1. The predicted molar refractivity (Wildman–Crippen MR) is 96.2 cm³/mol. The Morgan fingerprint density at radius 1 is 1.24 bits per heavy atom. The standard InChI is InChI=1S/C16H22N4O3S2/c1-2-20(12-6-8-23-9-7-12)13-10-19(11-13)25(21,22)15-5-3-4-14-16(15)18-24-17-14/h3-5,12-13H,2,6-11H2,1H3. The van der Waals surface area contributed by atoms with E-state index >= 15 is 0 Å². The summed E-state index contributed by atoms with van der Waals surface area (Å²) in [7, 11) is -3.52. The Bertz CT molecular complexity index is 842. The van der Waals surface area contributed by atoms with E-state index < -0.39 is 10.0 Å². The Hall–Kier alpha value is -1.13. The van der Waals surface area contributed by atoms with Gasteiger partial charge in [-0.1, -0.05) is 13.0 Å². The van der Waals surface area contributed by atoms with E-state index in [9.17, 15) is 8.42 Å². The Balaban J connectivity index is 1.50. The summed E-state index contributed by atoms with van der Waals surface area (Å²) in [4.78, 5) is 2.71. The molecule has 0 aliphatic carbocycles. The predicted octanol–water partition coefficient (Wildman–Crippen LogP) is 1.57. The molecule has 2 aliphatic rings. The number of ether oxygens (including phenoxy) is 1. The molecule has 2 saturated heterocycles. The average molecular weight is 383 g/mol. The van der Waals surface area contributed by atoms with Crippen LogP contribution in [0.5, 0.6) is 0 Å². The van der Waals surface area contributed by atoms with Crippen LogP contribution < -0.4 is 0 Å². The number of fused-ring (bicyclic) bond motifs is 1. The highest BCUT2D eigenvalue weighted by molar-refractivity contribution is 7.89. The molecular weight excluding hydrogens is 360 g/mol. The van der Waals surface area contributed by atoms with Crippen LogP contribution >= 0.6 is 11.7 Å². The molecular formula is C16H22N4O3S2. The smallest absolute Gasteiger partial charge is 0.245 e. The topological polar surface area (TPSA) is 75.6 Å². The first kappa shape index (κ1) is 17.3. The molecule has 2 fully saturated rings. The molecule has 3 heterocycles. The lowest BCUT2D eigenvalue weighted by Crippen LogP contribution is -2.63. The zero-order valence-corrected chi connectivity index (χ0v) is 15.8. The second-order valence-corrected chi connectivity index (χ2v) is 8.97. The van der Waals surface area contributed by atoms with Gasteiger partial charge in [-0.05, 0) is 31.5 Å². The average Bonchev–Trinajstić information content (AvgIpc) is 3.06. The van der Waals surface area contributed by atoms with Gasteiger partial charge in [-0.3, -0.25) is 4.90 Å². The molecule has 136 valence electrons. The van der Waals surface area contributed by atoms with Crippen molar-refractivity contribution in [3.8, 4) is 0 Å². The SMILES string of the molecule is CCN(C1CCOCC1)C1CN(S(=O)(=O)c2cccc3nsnc23)C1. The molecule has 1 aromatic heterocycles. The largest absolute Gasteiger partial charge is 0.381 e. The maximum Gasteiger partial charge on any atom is 0.245 e. The first-order valence-electron chi connectivity index (χ1n) is 8.66. The van der Waals surface area contributed by atoms with E-state index in [4.69, 9.17) is 4.74 Å². The van der Waals surface area contributed by atoms with Gasteiger partial charge in [0.25, 0.3) is 0 Å². The van der Waals surface area contributed by atoms with Crippen LogP contribution in [0.1, 0.15) is 19.8 Å². The first-order chi connectivity index (χ1) is 12.1. The summed E-state index contributed by atoms with van der Waals surface area (Å²) < 4.78 is 41.3. The summed E-state index contributed by atoms with van der Waals surface area (Å²) in [5.41, 5.74) is 1.12. The number of rotatable bonds is 5. The zero-order valence-electron chi connectivity index (χ0n) is 14.2. The first-order valence-corrected chi connectivity index (χ1v) is 10.8. The van der Waals surface area contributed by atoms with Crippen molar-refractivity contribution in [2.24, 2.45) is 0 Å².